The molecule has 0 amide bonds. The molecule has 4 aromatic rings. The van der Waals surface area contributed by atoms with Crippen LogP contribution in [0.5, 0.6) is 0 Å². The first-order valence-electron chi connectivity index (χ1n) is 12.2. The van der Waals surface area contributed by atoms with Crippen molar-refractivity contribution in [2.24, 2.45) is 13.0 Å². The molecular weight excluding hydrogens is 390 g/mol. The molecule has 1 saturated carbocycles. The van der Waals surface area contributed by atoms with E-state index in [1.165, 1.54) is 83.2 Å². The Morgan fingerprint density at radius 1 is 1.00 bits per heavy atom. The zero-order valence-electron chi connectivity index (χ0n) is 19.5. The van der Waals surface area contributed by atoms with Gasteiger partial charge in [-0.1, -0.05) is 50.3 Å². The summed E-state index contributed by atoms with van der Waals surface area (Å²) in [6, 6.07) is 15.6. The normalized spacial score (nSPS) is 15.8. The maximum Gasteiger partial charge on any atom is 0.213 e. The number of hydrogen-bond acceptors (Lipinski definition) is 1. The Bertz CT molecular complexity index is 1340. The number of para-hydroxylation sites is 2. The van der Waals surface area contributed by atoms with Crippen molar-refractivity contribution in [3.63, 3.8) is 0 Å². The number of aryl methyl sites for hydroxylation is 3. The van der Waals surface area contributed by atoms with E-state index in [9.17, 15) is 0 Å². The van der Waals surface area contributed by atoms with Crippen LogP contribution in [-0.4, -0.2) is 9.55 Å². The van der Waals surface area contributed by atoms with Crippen LogP contribution in [0.2, 0.25) is 0 Å². The van der Waals surface area contributed by atoms with Crippen LogP contribution in [0.3, 0.4) is 0 Å². The number of imidazole rings is 1. The summed E-state index contributed by atoms with van der Waals surface area (Å²) >= 11 is 0. The van der Waals surface area contributed by atoms with E-state index in [2.05, 4.69) is 78.7 Å². The fraction of sp³-hybridized carbons (Fsp3) is 0.379. The number of fused-ring (bicyclic) bond motifs is 5. The van der Waals surface area contributed by atoms with Gasteiger partial charge in [-0.15, -0.1) is 0 Å². The van der Waals surface area contributed by atoms with Gasteiger partial charge in [-0.3, -0.25) is 4.57 Å². The van der Waals surface area contributed by atoms with Crippen LogP contribution < -0.4 is 4.57 Å². The van der Waals surface area contributed by atoms with E-state index >= 15 is 0 Å². The molecule has 0 spiro atoms. The lowest BCUT2D eigenvalue weighted by Crippen LogP contribution is -2.32. The van der Waals surface area contributed by atoms with Crippen LogP contribution in [-0.2, 0) is 19.9 Å². The van der Waals surface area contributed by atoms with Gasteiger partial charge >= 0.3 is 0 Å². The lowest BCUT2D eigenvalue weighted by Gasteiger charge is -2.22. The van der Waals surface area contributed by atoms with E-state index in [0.717, 1.165) is 23.7 Å². The minimum Gasteiger partial charge on any atom is -0.296 e. The SMILES string of the molecule is Cc1c[n+](C)c(-c2c(C)ccc3c2Cc2nc4ccccc4n2-3)cc1CC1CCCCC1. The minimum absolute atomic E-state index is 0.849. The lowest BCUT2D eigenvalue weighted by atomic mass is 9.83. The first kappa shape index (κ1) is 19.7. The molecule has 0 unspecified atom stereocenters. The molecular formula is C29H32N3+. The number of aromatic nitrogens is 3. The molecule has 1 fully saturated rings. The van der Waals surface area contributed by atoms with Gasteiger partial charge < -0.3 is 0 Å². The first-order valence-corrected chi connectivity index (χ1v) is 12.2. The number of rotatable bonds is 3. The number of hydrogen-bond donors (Lipinski definition) is 0. The Morgan fingerprint density at radius 2 is 1.81 bits per heavy atom. The second kappa shape index (κ2) is 7.58. The van der Waals surface area contributed by atoms with E-state index in [0.29, 0.717) is 0 Å². The second-order valence-electron chi connectivity index (χ2n) is 9.97. The fourth-order valence-corrected chi connectivity index (χ4v) is 6.11. The molecule has 0 saturated heterocycles. The molecule has 0 radical (unpaired) electrons. The molecule has 2 aromatic carbocycles. The topological polar surface area (TPSA) is 21.7 Å². The van der Waals surface area contributed by atoms with Gasteiger partial charge in [0.25, 0.3) is 0 Å². The summed E-state index contributed by atoms with van der Waals surface area (Å²) in [5, 5.41) is 0. The van der Waals surface area contributed by atoms with Crippen LogP contribution in [0.15, 0.2) is 48.7 Å². The Balaban J connectivity index is 1.48. The number of pyridine rings is 1. The lowest BCUT2D eigenvalue weighted by molar-refractivity contribution is -0.660. The number of benzene rings is 2. The highest BCUT2D eigenvalue weighted by Crippen LogP contribution is 2.39. The molecule has 3 heterocycles. The maximum atomic E-state index is 4.96. The molecule has 1 aliphatic heterocycles. The van der Waals surface area contributed by atoms with E-state index in [1.54, 1.807) is 0 Å². The van der Waals surface area contributed by atoms with Gasteiger partial charge in [-0.25, -0.2) is 9.55 Å². The molecule has 3 nitrogen and oxygen atoms in total. The van der Waals surface area contributed by atoms with Crippen molar-refractivity contribution in [3.05, 3.63) is 76.7 Å². The summed E-state index contributed by atoms with van der Waals surface area (Å²) < 4.78 is 4.70. The Labute approximate surface area is 190 Å². The van der Waals surface area contributed by atoms with Crippen LogP contribution in [0.25, 0.3) is 28.0 Å². The zero-order valence-corrected chi connectivity index (χ0v) is 19.5. The quantitative estimate of drug-likeness (QED) is 0.319. The van der Waals surface area contributed by atoms with Gasteiger partial charge in [0, 0.05) is 18.1 Å². The van der Waals surface area contributed by atoms with Crippen molar-refractivity contribution in [3.8, 4) is 16.9 Å². The van der Waals surface area contributed by atoms with Crippen LogP contribution in [0.1, 0.15) is 60.2 Å². The van der Waals surface area contributed by atoms with Crippen molar-refractivity contribution in [1.82, 2.24) is 9.55 Å². The summed E-state index contributed by atoms with van der Waals surface area (Å²) in [7, 11) is 2.20. The average Bonchev–Trinajstić information content (AvgIpc) is 3.33. The molecule has 3 heteroatoms. The van der Waals surface area contributed by atoms with Gasteiger partial charge in [0.1, 0.15) is 12.9 Å². The zero-order chi connectivity index (χ0) is 21.8. The third kappa shape index (κ3) is 3.09. The first-order chi connectivity index (χ1) is 15.6. The summed E-state index contributed by atoms with van der Waals surface area (Å²) in [5.74, 6) is 2.01. The van der Waals surface area contributed by atoms with E-state index in [4.69, 9.17) is 4.98 Å². The monoisotopic (exact) mass is 422 g/mol. The summed E-state index contributed by atoms with van der Waals surface area (Å²) in [6.07, 6.45) is 11.5. The van der Waals surface area contributed by atoms with E-state index < -0.39 is 0 Å². The Morgan fingerprint density at radius 3 is 2.66 bits per heavy atom. The molecule has 2 aromatic heterocycles. The van der Waals surface area contributed by atoms with Gasteiger partial charge in [0.15, 0.2) is 6.20 Å². The molecule has 0 atom stereocenters. The van der Waals surface area contributed by atoms with Crippen LogP contribution in [0.4, 0.5) is 0 Å². The summed E-state index contributed by atoms with van der Waals surface area (Å²) in [5.41, 5.74) is 12.0. The van der Waals surface area contributed by atoms with Gasteiger partial charge in [-0.05, 0) is 61.1 Å². The van der Waals surface area contributed by atoms with E-state index in [1.807, 2.05) is 0 Å². The Kier molecular flexibility index (Phi) is 4.67. The molecule has 6 rings (SSSR count). The third-order valence-electron chi connectivity index (χ3n) is 7.78. The van der Waals surface area contributed by atoms with Gasteiger partial charge in [-0.2, -0.15) is 0 Å². The third-order valence-corrected chi connectivity index (χ3v) is 7.78. The highest BCUT2D eigenvalue weighted by molar-refractivity contribution is 5.83. The summed E-state index contributed by atoms with van der Waals surface area (Å²) in [6.45, 7) is 4.54. The average molecular weight is 423 g/mol. The minimum atomic E-state index is 0.849. The molecule has 1 aliphatic carbocycles. The smallest absolute Gasteiger partial charge is 0.213 e. The molecule has 2 aliphatic rings. The predicted molar refractivity (Wildman–Crippen MR) is 130 cm³/mol. The van der Waals surface area contributed by atoms with Crippen molar-refractivity contribution in [2.75, 3.05) is 0 Å². The van der Waals surface area contributed by atoms with Crippen LogP contribution >= 0.6 is 0 Å². The number of nitrogens with zero attached hydrogens (tertiary/aromatic N) is 3. The highest BCUT2D eigenvalue weighted by atomic mass is 15.1. The maximum absolute atomic E-state index is 4.96. The highest BCUT2D eigenvalue weighted by Gasteiger charge is 2.29. The molecule has 162 valence electrons. The molecule has 32 heavy (non-hydrogen) atoms. The second-order valence-corrected chi connectivity index (χ2v) is 9.97. The van der Waals surface area contributed by atoms with Crippen molar-refractivity contribution in [1.29, 1.82) is 0 Å². The van der Waals surface area contributed by atoms with Gasteiger partial charge in [0.05, 0.1) is 22.3 Å². The predicted octanol–water partition coefficient (Wildman–Crippen LogP) is 6.16. The molecule has 0 bridgehead atoms. The molecule has 0 N–H and O–H groups in total. The van der Waals surface area contributed by atoms with Crippen molar-refractivity contribution in [2.45, 2.75) is 58.8 Å². The standard InChI is InChI=1S/C29H32N3/c1-19-13-14-25-23(17-28-30-24-11-7-8-12-26(24)32(25)28)29(19)27-16-22(20(2)18-31(27)3)15-21-9-5-4-6-10-21/h7-8,11-14,16,18,21H,4-6,9-10,15,17H2,1-3H3/q+1. The van der Waals surface area contributed by atoms with Gasteiger partial charge in [0.2, 0.25) is 5.69 Å². The van der Waals surface area contributed by atoms with E-state index in [-0.39, 0.29) is 0 Å². The fourth-order valence-electron chi connectivity index (χ4n) is 6.11. The Hall–Kier alpha value is -2.94. The van der Waals surface area contributed by atoms with Crippen molar-refractivity contribution < 1.29 is 4.57 Å². The summed E-state index contributed by atoms with van der Waals surface area (Å²) in [4.78, 5) is 4.96. The van der Waals surface area contributed by atoms with Crippen LogP contribution in [0, 0.1) is 19.8 Å². The largest absolute Gasteiger partial charge is 0.296 e. The van der Waals surface area contributed by atoms with Crippen molar-refractivity contribution >= 4 is 11.0 Å².